The third-order valence-electron chi connectivity index (χ3n) is 5.06. The quantitative estimate of drug-likeness (QED) is 0.748. The van der Waals surface area contributed by atoms with Gasteiger partial charge >= 0.3 is 0 Å². The molecule has 3 rings (SSSR count). The maximum Gasteiger partial charge on any atom is 0.255 e. The first-order valence-corrected chi connectivity index (χ1v) is 11.4. The number of halogens is 1. The summed E-state index contributed by atoms with van der Waals surface area (Å²) in [6.07, 6.45) is 3.11. The second kappa shape index (κ2) is 8.28. The molecule has 1 N–H and O–H groups in total. The van der Waals surface area contributed by atoms with Gasteiger partial charge in [-0.15, -0.1) is 0 Å². The first-order chi connectivity index (χ1) is 12.8. The molecule has 2 saturated heterocycles. The molecule has 148 valence electrons. The van der Waals surface area contributed by atoms with Gasteiger partial charge in [-0.2, -0.15) is 4.31 Å². The maximum absolute atomic E-state index is 13.0. The number of carbonyl (C=O) groups excluding carboxylic acids is 2. The third-order valence-corrected chi connectivity index (χ3v) is 7.65. The Morgan fingerprint density at radius 1 is 1.11 bits per heavy atom. The van der Waals surface area contributed by atoms with E-state index in [1.807, 2.05) is 0 Å². The van der Waals surface area contributed by atoms with Crippen LogP contribution < -0.4 is 5.32 Å². The van der Waals surface area contributed by atoms with Gasteiger partial charge in [0.2, 0.25) is 15.9 Å². The number of hydrogen-bond donors (Lipinski definition) is 1. The molecule has 0 aromatic heterocycles. The summed E-state index contributed by atoms with van der Waals surface area (Å²) >= 11 is 3.38. The summed E-state index contributed by atoms with van der Waals surface area (Å²) in [7, 11) is -3.57. The predicted octanol–water partition coefficient (Wildman–Crippen LogP) is 1.97. The molecular weight excluding hydrogens is 434 g/mol. The zero-order chi connectivity index (χ0) is 19.6. The predicted molar refractivity (Wildman–Crippen MR) is 105 cm³/mol. The fraction of sp³-hybridized carbons (Fsp3) is 0.556. The summed E-state index contributed by atoms with van der Waals surface area (Å²) in [5.41, 5.74) is 0.355. The van der Waals surface area contributed by atoms with E-state index in [0.717, 1.165) is 12.8 Å². The molecule has 0 saturated carbocycles. The molecule has 0 aliphatic carbocycles. The Hall–Kier alpha value is -1.45. The van der Waals surface area contributed by atoms with Gasteiger partial charge in [0.25, 0.3) is 5.91 Å². The fourth-order valence-corrected chi connectivity index (χ4v) is 5.55. The van der Waals surface area contributed by atoms with E-state index < -0.39 is 10.0 Å². The van der Waals surface area contributed by atoms with Crippen molar-refractivity contribution in [2.75, 3.05) is 26.2 Å². The number of hydrogen-bond acceptors (Lipinski definition) is 4. The van der Waals surface area contributed by atoms with Crippen molar-refractivity contribution in [3.8, 4) is 0 Å². The SMILES string of the molecule is CC(=O)NC1CCN(C(=O)c2cc(S(=O)(=O)N3CCCC3)ccc2Br)CC1. The minimum Gasteiger partial charge on any atom is -0.353 e. The van der Waals surface area contributed by atoms with Crippen LogP contribution in [-0.2, 0) is 14.8 Å². The first kappa shape index (κ1) is 20.3. The van der Waals surface area contributed by atoms with E-state index in [1.165, 1.54) is 23.4 Å². The van der Waals surface area contributed by atoms with Gasteiger partial charge in [-0.05, 0) is 59.8 Å². The average molecular weight is 458 g/mol. The van der Waals surface area contributed by atoms with Crippen molar-refractivity contribution in [3.05, 3.63) is 28.2 Å². The molecule has 0 spiro atoms. The van der Waals surface area contributed by atoms with Gasteiger partial charge in [-0.1, -0.05) is 0 Å². The van der Waals surface area contributed by atoms with Crippen molar-refractivity contribution in [2.45, 2.75) is 43.5 Å². The fourth-order valence-electron chi connectivity index (χ4n) is 3.59. The molecule has 7 nitrogen and oxygen atoms in total. The molecule has 2 aliphatic rings. The van der Waals surface area contributed by atoms with Gasteiger partial charge < -0.3 is 10.2 Å². The lowest BCUT2D eigenvalue weighted by molar-refractivity contribution is -0.119. The lowest BCUT2D eigenvalue weighted by atomic mass is 10.0. The summed E-state index contributed by atoms with van der Waals surface area (Å²) in [6, 6.07) is 4.72. The number of sulfonamides is 1. The maximum atomic E-state index is 13.0. The summed E-state index contributed by atoms with van der Waals surface area (Å²) in [5, 5.41) is 2.88. The number of nitrogens with one attached hydrogen (secondary N) is 1. The van der Waals surface area contributed by atoms with Crippen molar-refractivity contribution in [3.63, 3.8) is 0 Å². The van der Waals surface area contributed by atoms with Gasteiger partial charge in [0.05, 0.1) is 10.5 Å². The first-order valence-electron chi connectivity index (χ1n) is 9.15. The van der Waals surface area contributed by atoms with Crippen LogP contribution in [0.5, 0.6) is 0 Å². The van der Waals surface area contributed by atoms with Gasteiger partial charge in [-0.3, -0.25) is 9.59 Å². The van der Waals surface area contributed by atoms with Gasteiger partial charge in [0.1, 0.15) is 0 Å². The lowest BCUT2D eigenvalue weighted by Crippen LogP contribution is -2.46. The largest absolute Gasteiger partial charge is 0.353 e. The smallest absolute Gasteiger partial charge is 0.255 e. The van der Waals surface area contributed by atoms with E-state index >= 15 is 0 Å². The highest BCUT2D eigenvalue weighted by Gasteiger charge is 2.30. The molecule has 2 aliphatic heterocycles. The normalized spacial score (nSPS) is 19.3. The topological polar surface area (TPSA) is 86.8 Å². The van der Waals surface area contributed by atoms with E-state index in [1.54, 1.807) is 11.0 Å². The Kier molecular flexibility index (Phi) is 6.22. The third kappa shape index (κ3) is 4.52. The molecular formula is C18H24BrN3O4S. The van der Waals surface area contributed by atoms with E-state index in [2.05, 4.69) is 21.2 Å². The Labute approximate surface area is 168 Å². The number of piperidine rings is 1. The minimum absolute atomic E-state index is 0.0673. The molecule has 0 atom stereocenters. The van der Waals surface area contributed by atoms with E-state index in [-0.39, 0.29) is 22.8 Å². The number of benzene rings is 1. The van der Waals surface area contributed by atoms with Crippen molar-refractivity contribution < 1.29 is 18.0 Å². The summed E-state index contributed by atoms with van der Waals surface area (Å²) in [4.78, 5) is 26.0. The highest BCUT2D eigenvalue weighted by molar-refractivity contribution is 9.10. The number of carbonyl (C=O) groups is 2. The number of likely N-dealkylation sites (tertiary alicyclic amines) is 1. The van der Waals surface area contributed by atoms with Crippen molar-refractivity contribution >= 4 is 37.8 Å². The molecule has 27 heavy (non-hydrogen) atoms. The van der Waals surface area contributed by atoms with Crippen LogP contribution in [0.2, 0.25) is 0 Å². The zero-order valence-electron chi connectivity index (χ0n) is 15.3. The van der Waals surface area contributed by atoms with Gasteiger partial charge in [0, 0.05) is 43.6 Å². The molecule has 9 heteroatoms. The Morgan fingerprint density at radius 2 is 1.74 bits per heavy atom. The molecule has 2 heterocycles. The van der Waals surface area contributed by atoms with Crippen LogP contribution in [0, 0.1) is 0 Å². The van der Waals surface area contributed by atoms with Crippen LogP contribution >= 0.6 is 15.9 Å². The minimum atomic E-state index is -3.57. The van der Waals surface area contributed by atoms with Crippen LogP contribution in [0.3, 0.4) is 0 Å². The van der Waals surface area contributed by atoms with E-state index in [4.69, 9.17) is 0 Å². The van der Waals surface area contributed by atoms with Crippen LogP contribution in [-0.4, -0.2) is 61.7 Å². The number of nitrogens with zero attached hydrogens (tertiary/aromatic N) is 2. The second-order valence-corrected chi connectivity index (χ2v) is 9.81. The van der Waals surface area contributed by atoms with Crippen molar-refractivity contribution in [1.29, 1.82) is 0 Å². The molecule has 1 aromatic carbocycles. The second-order valence-electron chi connectivity index (χ2n) is 7.02. The highest BCUT2D eigenvalue weighted by atomic mass is 79.9. The van der Waals surface area contributed by atoms with Crippen LogP contribution in [0.1, 0.15) is 43.0 Å². The molecule has 0 radical (unpaired) electrons. The van der Waals surface area contributed by atoms with E-state index in [0.29, 0.717) is 49.1 Å². The highest BCUT2D eigenvalue weighted by Crippen LogP contribution is 2.27. The Bertz CT molecular complexity index is 829. The average Bonchev–Trinajstić information content (AvgIpc) is 3.17. The van der Waals surface area contributed by atoms with Gasteiger partial charge in [-0.25, -0.2) is 8.42 Å². The van der Waals surface area contributed by atoms with Crippen LogP contribution in [0.25, 0.3) is 0 Å². The zero-order valence-corrected chi connectivity index (χ0v) is 17.7. The van der Waals surface area contributed by atoms with Gasteiger partial charge in [0.15, 0.2) is 0 Å². The van der Waals surface area contributed by atoms with Crippen molar-refractivity contribution in [2.24, 2.45) is 0 Å². The monoisotopic (exact) mass is 457 g/mol. The molecule has 2 amide bonds. The Balaban J connectivity index is 1.76. The lowest BCUT2D eigenvalue weighted by Gasteiger charge is -2.32. The summed E-state index contributed by atoms with van der Waals surface area (Å²) < 4.78 is 27.6. The summed E-state index contributed by atoms with van der Waals surface area (Å²) in [6.45, 7) is 3.59. The summed E-state index contributed by atoms with van der Waals surface area (Å²) in [5.74, 6) is -0.260. The van der Waals surface area contributed by atoms with E-state index in [9.17, 15) is 18.0 Å². The molecule has 1 aromatic rings. The Morgan fingerprint density at radius 3 is 2.33 bits per heavy atom. The van der Waals surface area contributed by atoms with Crippen LogP contribution in [0.15, 0.2) is 27.6 Å². The number of amides is 2. The van der Waals surface area contributed by atoms with Crippen LogP contribution in [0.4, 0.5) is 0 Å². The molecule has 0 unspecified atom stereocenters. The van der Waals surface area contributed by atoms with Crippen molar-refractivity contribution in [1.82, 2.24) is 14.5 Å². The number of rotatable bonds is 4. The molecule has 0 bridgehead atoms. The standard InChI is InChI=1S/C18H24BrN3O4S/c1-13(23)20-14-6-10-21(11-7-14)18(24)16-12-15(4-5-17(16)19)27(25,26)22-8-2-3-9-22/h4-5,12,14H,2-3,6-11H2,1H3,(H,20,23). The molecule has 2 fully saturated rings.